The van der Waals surface area contributed by atoms with Crippen LogP contribution in [-0.2, 0) is 16.1 Å². The van der Waals surface area contributed by atoms with E-state index in [-0.39, 0.29) is 5.91 Å². The van der Waals surface area contributed by atoms with Crippen LogP contribution in [0.2, 0.25) is 0 Å². The molecule has 1 amide bonds. The fourth-order valence-corrected chi connectivity index (χ4v) is 3.68. The van der Waals surface area contributed by atoms with Crippen molar-refractivity contribution in [2.24, 2.45) is 5.92 Å². The van der Waals surface area contributed by atoms with Gasteiger partial charge in [-0.25, -0.2) is 0 Å². The topological polar surface area (TPSA) is 59.4 Å². The highest BCUT2D eigenvalue weighted by atomic mass is 16.5. The van der Waals surface area contributed by atoms with Gasteiger partial charge < -0.3 is 15.0 Å². The molecule has 2 atom stereocenters. The molecular formula is C17H28N4O2. The molecule has 1 aromatic rings. The van der Waals surface area contributed by atoms with E-state index >= 15 is 0 Å². The third kappa shape index (κ3) is 4.25. The van der Waals surface area contributed by atoms with Crippen LogP contribution >= 0.6 is 0 Å². The lowest BCUT2D eigenvalue weighted by Crippen LogP contribution is -2.42. The van der Waals surface area contributed by atoms with E-state index in [1.807, 2.05) is 17.3 Å². The van der Waals surface area contributed by atoms with E-state index in [1.165, 1.54) is 32.1 Å². The monoisotopic (exact) mass is 320 g/mol. The van der Waals surface area contributed by atoms with Gasteiger partial charge in [0.1, 0.15) is 6.54 Å². The summed E-state index contributed by atoms with van der Waals surface area (Å²) >= 11 is 0. The highest BCUT2D eigenvalue weighted by Crippen LogP contribution is 2.29. The molecule has 1 saturated heterocycles. The van der Waals surface area contributed by atoms with Gasteiger partial charge in [0.2, 0.25) is 5.91 Å². The standard InChI is InChI=1S/C17H28N4O2/c1-2-14-5-3-4-6-16(14)19-15-11-18-21(12-15)13-17(22)20-7-9-23-10-8-20/h11-12,14,16,19H,2-10,13H2,1H3/t14-,16+/m0/s1. The Hall–Kier alpha value is -1.56. The van der Waals surface area contributed by atoms with Crippen molar-refractivity contribution in [3.8, 4) is 0 Å². The van der Waals surface area contributed by atoms with E-state index in [9.17, 15) is 4.79 Å². The zero-order valence-corrected chi connectivity index (χ0v) is 14.0. The summed E-state index contributed by atoms with van der Waals surface area (Å²) in [7, 11) is 0. The second-order valence-corrected chi connectivity index (χ2v) is 6.62. The number of nitrogens with one attached hydrogen (secondary N) is 1. The number of aromatic nitrogens is 2. The van der Waals surface area contributed by atoms with Crippen LogP contribution < -0.4 is 5.32 Å². The number of ether oxygens (including phenoxy) is 1. The molecule has 1 aliphatic carbocycles. The molecule has 2 heterocycles. The Morgan fingerprint density at radius 1 is 1.35 bits per heavy atom. The van der Waals surface area contributed by atoms with Crippen LogP contribution in [0.4, 0.5) is 5.69 Å². The summed E-state index contributed by atoms with van der Waals surface area (Å²) in [5, 5.41) is 7.97. The lowest BCUT2D eigenvalue weighted by molar-refractivity contribution is -0.136. The first-order chi connectivity index (χ1) is 11.3. The number of anilines is 1. The Morgan fingerprint density at radius 3 is 2.91 bits per heavy atom. The van der Waals surface area contributed by atoms with E-state index in [1.54, 1.807) is 4.68 Å². The Labute approximate surface area is 138 Å². The van der Waals surface area contributed by atoms with Gasteiger partial charge in [0.15, 0.2) is 0 Å². The summed E-state index contributed by atoms with van der Waals surface area (Å²) in [4.78, 5) is 14.1. The molecule has 0 spiro atoms. The predicted octanol–water partition coefficient (Wildman–Crippen LogP) is 2.12. The summed E-state index contributed by atoms with van der Waals surface area (Å²) in [6.45, 7) is 5.23. The third-order valence-corrected chi connectivity index (χ3v) is 5.08. The number of rotatable bonds is 5. The fraction of sp³-hybridized carbons (Fsp3) is 0.765. The maximum atomic E-state index is 12.3. The highest BCUT2D eigenvalue weighted by Gasteiger charge is 2.24. The molecule has 2 aliphatic rings. The number of carbonyl (C=O) groups is 1. The normalized spacial score (nSPS) is 25.3. The first kappa shape index (κ1) is 16.3. The summed E-state index contributed by atoms with van der Waals surface area (Å²) in [6.07, 6.45) is 10.2. The first-order valence-corrected chi connectivity index (χ1v) is 8.90. The molecule has 0 bridgehead atoms. The van der Waals surface area contributed by atoms with Crippen molar-refractivity contribution in [1.82, 2.24) is 14.7 Å². The van der Waals surface area contributed by atoms with E-state index < -0.39 is 0 Å². The van der Waals surface area contributed by atoms with Gasteiger partial charge in [0.05, 0.1) is 25.1 Å². The number of morpholine rings is 1. The van der Waals surface area contributed by atoms with Gasteiger partial charge in [-0.1, -0.05) is 26.2 Å². The minimum absolute atomic E-state index is 0.118. The van der Waals surface area contributed by atoms with Crippen LogP contribution in [0.3, 0.4) is 0 Å². The summed E-state index contributed by atoms with van der Waals surface area (Å²) < 4.78 is 7.02. The molecule has 23 heavy (non-hydrogen) atoms. The van der Waals surface area contributed by atoms with Crippen molar-refractivity contribution in [3.63, 3.8) is 0 Å². The molecule has 3 rings (SSSR count). The fourth-order valence-electron chi connectivity index (χ4n) is 3.68. The summed E-state index contributed by atoms with van der Waals surface area (Å²) in [5.74, 6) is 0.870. The summed E-state index contributed by atoms with van der Waals surface area (Å²) in [5.41, 5.74) is 1.03. The van der Waals surface area contributed by atoms with Crippen LogP contribution in [-0.4, -0.2) is 52.9 Å². The van der Waals surface area contributed by atoms with Gasteiger partial charge in [0.25, 0.3) is 0 Å². The zero-order valence-electron chi connectivity index (χ0n) is 14.0. The quantitative estimate of drug-likeness (QED) is 0.903. The number of nitrogens with zero attached hydrogens (tertiary/aromatic N) is 3. The second kappa shape index (κ2) is 7.81. The SMILES string of the molecule is CC[C@H]1CCCC[C@H]1Nc1cnn(CC(=O)N2CCOCC2)c1. The molecule has 0 radical (unpaired) electrons. The Balaban J connectivity index is 1.54. The third-order valence-electron chi connectivity index (χ3n) is 5.08. The number of hydrogen-bond donors (Lipinski definition) is 1. The maximum absolute atomic E-state index is 12.3. The molecular weight excluding hydrogens is 292 g/mol. The van der Waals surface area contributed by atoms with Crippen LogP contribution in [0.1, 0.15) is 39.0 Å². The lowest BCUT2D eigenvalue weighted by atomic mass is 9.83. The molecule has 2 fully saturated rings. The maximum Gasteiger partial charge on any atom is 0.244 e. The average Bonchev–Trinajstić information content (AvgIpc) is 3.03. The molecule has 0 unspecified atom stereocenters. The number of amides is 1. The smallest absolute Gasteiger partial charge is 0.244 e. The van der Waals surface area contributed by atoms with Gasteiger partial charge in [-0.2, -0.15) is 5.10 Å². The van der Waals surface area contributed by atoms with Crippen LogP contribution in [0.15, 0.2) is 12.4 Å². The van der Waals surface area contributed by atoms with Crippen molar-refractivity contribution in [2.75, 3.05) is 31.6 Å². The number of hydrogen-bond acceptors (Lipinski definition) is 4. The molecule has 1 aliphatic heterocycles. The van der Waals surface area contributed by atoms with E-state index in [0.717, 1.165) is 11.6 Å². The van der Waals surface area contributed by atoms with Crippen molar-refractivity contribution in [1.29, 1.82) is 0 Å². The van der Waals surface area contributed by atoms with Crippen molar-refractivity contribution < 1.29 is 9.53 Å². The predicted molar refractivity (Wildman–Crippen MR) is 89.3 cm³/mol. The Morgan fingerprint density at radius 2 is 2.13 bits per heavy atom. The van der Waals surface area contributed by atoms with E-state index in [4.69, 9.17) is 4.74 Å². The van der Waals surface area contributed by atoms with E-state index in [0.29, 0.717) is 38.9 Å². The van der Waals surface area contributed by atoms with Crippen molar-refractivity contribution in [3.05, 3.63) is 12.4 Å². The second-order valence-electron chi connectivity index (χ2n) is 6.62. The van der Waals surface area contributed by atoms with Gasteiger partial charge in [0, 0.05) is 25.3 Å². The van der Waals surface area contributed by atoms with Crippen molar-refractivity contribution >= 4 is 11.6 Å². The van der Waals surface area contributed by atoms with Gasteiger partial charge in [-0.05, 0) is 18.8 Å². The molecule has 6 nitrogen and oxygen atoms in total. The number of carbonyl (C=O) groups excluding carboxylic acids is 1. The first-order valence-electron chi connectivity index (χ1n) is 8.90. The molecule has 6 heteroatoms. The van der Waals surface area contributed by atoms with Gasteiger partial charge >= 0.3 is 0 Å². The van der Waals surface area contributed by atoms with Crippen LogP contribution in [0, 0.1) is 5.92 Å². The van der Waals surface area contributed by atoms with Crippen LogP contribution in [0.25, 0.3) is 0 Å². The minimum Gasteiger partial charge on any atom is -0.379 e. The van der Waals surface area contributed by atoms with Crippen molar-refractivity contribution in [2.45, 2.75) is 51.6 Å². The van der Waals surface area contributed by atoms with E-state index in [2.05, 4.69) is 17.3 Å². The van der Waals surface area contributed by atoms with Gasteiger partial charge in [-0.3, -0.25) is 9.48 Å². The average molecular weight is 320 g/mol. The summed E-state index contributed by atoms with van der Waals surface area (Å²) in [6, 6.07) is 0.543. The largest absolute Gasteiger partial charge is 0.379 e. The Bertz CT molecular complexity index is 510. The lowest BCUT2D eigenvalue weighted by Gasteiger charge is -2.31. The highest BCUT2D eigenvalue weighted by molar-refractivity contribution is 5.76. The molecule has 128 valence electrons. The van der Waals surface area contributed by atoms with Crippen LogP contribution in [0.5, 0.6) is 0 Å². The molecule has 0 aromatic carbocycles. The molecule has 1 aromatic heterocycles. The van der Waals surface area contributed by atoms with Gasteiger partial charge in [-0.15, -0.1) is 0 Å². The Kier molecular flexibility index (Phi) is 5.54. The minimum atomic E-state index is 0.118. The zero-order chi connectivity index (χ0) is 16.1. The molecule has 1 N–H and O–H groups in total. The molecule has 1 saturated carbocycles.